The molecule has 4 heterocycles. The van der Waals surface area contributed by atoms with Gasteiger partial charge in [-0.15, -0.1) is 0 Å². The summed E-state index contributed by atoms with van der Waals surface area (Å²) in [6.45, 7) is 3.32. The van der Waals surface area contributed by atoms with Crippen molar-refractivity contribution in [2.45, 2.75) is 30.7 Å². The first kappa shape index (κ1) is 22.3. The average molecular weight is 479 g/mol. The van der Waals surface area contributed by atoms with E-state index < -0.39 is 10.0 Å². The largest absolute Gasteiger partial charge is 0.481 e. The Morgan fingerprint density at radius 1 is 1.06 bits per heavy atom. The van der Waals surface area contributed by atoms with Crippen LogP contribution < -0.4 is 14.4 Å². The molecule has 0 spiro atoms. The minimum absolute atomic E-state index is 0.119. The fourth-order valence-corrected chi connectivity index (χ4v) is 5.54. The van der Waals surface area contributed by atoms with Crippen LogP contribution in [-0.2, 0) is 10.0 Å². The first-order valence-electron chi connectivity index (χ1n) is 11.1. The molecule has 10 heteroatoms. The van der Waals surface area contributed by atoms with Gasteiger partial charge in [-0.1, -0.05) is 17.7 Å². The number of H-pyrrole nitrogens is 1. The van der Waals surface area contributed by atoms with Gasteiger partial charge in [0.1, 0.15) is 17.8 Å². The molecule has 4 aromatic rings. The van der Waals surface area contributed by atoms with Gasteiger partial charge in [-0.3, -0.25) is 0 Å². The maximum atomic E-state index is 12.8. The van der Waals surface area contributed by atoms with Crippen molar-refractivity contribution in [2.75, 3.05) is 25.1 Å². The molecule has 5 rings (SSSR count). The maximum Gasteiger partial charge on any atom is 0.240 e. The number of aromatic amines is 1. The van der Waals surface area contributed by atoms with Gasteiger partial charge in [-0.05, 0) is 44.0 Å². The van der Waals surface area contributed by atoms with Crippen LogP contribution in [-0.4, -0.2) is 54.6 Å². The lowest BCUT2D eigenvalue weighted by molar-refractivity contribution is 0.398. The molecule has 1 aromatic carbocycles. The zero-order valence-corrected chi connectivity index (χ0v) is 19.8. The molecule has 0 atom stereocenters. The van der Waals surface area contributed by atoms with Crippen molar-refractivity contribution >= 4 is 26.9 Å². The number of hydrogen-bond acceptors (Lipinski definition) is 7. The topological polar surface area (TPSA) is 113 Å². The van der Waals surface area contributed by atoms with Gasteiger partial charge >= 0.3 is 0 Å². The van der Waals surface area contributed by atoms with E-state index in [-0.39, 0.29) is 6.04 Å². The highest BCUT2D eigenvalue weighted by molar-refractivity contribution is 7.89. The van der Waals surface area contributed by atoms with Gasteiger partial charge in [0, 0.05) is 42.7 Å². The normalized spacial score (nSPS) is 15.1. The first-order chi connectivity index (χ1) is 16.4. The lowest BCUT2D eigenvalue weighted by atomic mass is 10.1. The van der Waals surface area contributed by atoms with Gasteiger partial charge in [-0.2, -0.15) is 0 Å². The summed E-state index contributed by atoms with van der Waals surface area (Å²) in [6.07, 6.45) is 4.64. The molecule has 1 fully saturated rings. The lowest BCUT2D eigenvalue weighted by Gasteiger charge is -2.33. The van der Waals surface area contributed by atoms with E-state index in [0.717, 1.165) is 33.7 Å². The van der Waals surface area contributed by atoms with Gasteiger partial charge in [-0.25, -0.2) is 28.1 Å². The van der Waals surface area contributed by atoms with E-state index in [0.29, 0.717) is 36.7 Å². The fourth-order valence-electron chi connectivity index (χ4n) is 4.24. The average Bonchev–Trinajstić information content (AvgIpc) is 3.29. The Balaban J connectivity index is 1.32. The van der Waals surface area contributed by atoms with Gasteiger partial charge in [0.05, 0.1) is 17.4 Å². The number of methoxy groups -OCH3 is 1. The molecule has 0 bridgehead atoms. The molecule has 0 aliphatic carbocycles. The van der Waals surface area contributed by atoms with Crippen LogP contribution in [0.2, 0.25) is 0 Å². The van der Waals surface area contributed by atoms with E-state index in [1.807, 2.05) is 37.3 Å². The highest BCUT2D eigenvalue weighted by Gasteiger charge is 2.26. The highest BCUT2D eigenvalue weighted by atomic mass is 32.2. The Kier molecular flexibility index (Phi) is 5.93. The van der Waals surface area contributed by atoms with E-state index in [4.69, 9.17) is 4.74 Å². The van der Waals surface area contributed by atoms with E-state index >= 15 is 0 Å². The molecule has 0 saturated carbocycles. The van der Waals surface area contributed by atoms with Crippen molar-refractivity contribution in [1.82, 2.24) is 24.7 Å². The fraction of sp³-hybridized carbons (Fsp3) is 0.292. The number of sulfonamides is 1. The van der Waals surface area contributed by atoms with Gasteiger partial charge in [0.15, 0.2) is 0 Å². The SMILES string of the molecule is COc1cc(-c2cc3c(N4CCC(NS(=O)(=O)c5ccc(C)cc5)CC4)ncnc3[nH]2)ccn1. The molecular formula is C24H26N6O3S. The second-order valence-corrected chi connectivity index (χ2v) is 10.1. The number of pyridine rings is 1. The number of ether oxygens (including phenoxy) is 1. The number of benzene rings is 1. The van der Waals surface area contributed by atoms with Crippen LogP contribution in [0.15, 0.2) is 59.9 Å². The van der Waals surface area contributed by atoms with Crippen LogP contribution in [0.5, 0.6) is 5.88 Å². The number of hydrogen-bond donors (Lipinski definition) is 2. The summed E-state index contributed by atoms with van der Waals surface area (Å²) in [4.78, 5) is 18.9. The molecule has 1 saturated heterocycles. The number of rotatable bonds is 6. The quantitative estimate of drug-likeness (QED) is 0.437. The molecule has 0 amide bonds. The molecule has 0 radical (unpaired) electrons. The van der Waals surface area contributed by atoms with E-state index in [9.17, 15) is 8.42 Å². The smallest absolute Gasteiger partial charge is 0.240 e. The summed E-state index contributed by atoms with van der Waals surface area (Å²) in [6, 6.07) is 12.6. The van der Waals surface area contributed by atoms with Crippen molar-refractivity contribution in [3.63, 3.8) is 0 Å². The van der Waals surface area contributed by atoms with Crippen LogP contribution in [0, 0.1) is 6.92 Å². The third-order valence-electron chi connectivity index (χ3n) is 6.11. The Morgan fingerprint density at radius 3 is 2.56 bits per heavy atom. The number of fused-ring (bicyclic) bond motifs is 1. The van der Waals surface area contributed by atoms with Gasteiger partial charge in [0.2, 0.25) is 15.9 Å². The van der Waals surface area contributed by atoms with Crippen LogP contribution >= 0.6 is 0 Å². The lowest BCUT2D eigenvalue weighted by Crippen LogP contribution is -2.44. The predicted molar refractivity (Wildman–Crippen MR) is 130 cm³/mol. The molecule has 2 N–H and O–H groups in total. The standard InChI is InChI=1S/C24H26N6O3S/c1-16-3-5-19(6-4-16)34(31,32)29-18-8-11-30(12-9-18)24-20-14-21(28-23(20)26-15-27-24)17-7-10-25-22(13-17)33-2/h3-7,10,13-15,18,29H,8-9,11-12H2,1-2H3,(H,26,27,28). The zero-order valence-electron chi connectivity index (χ0n) is 19.0. The van der Waals surface area contributed by atoms with E-state index in [1.165, 1.54) is 0 Å². The third-order valence-corrected chi connectivity index (χ3v) is 7.64. The van der Waals surface area contributed by atoms with Crippen LogP contribution in [0.3, 0.4) is 0 Å². The third kappa shape index (κ3) is 4.46. The van der Waals surface area contributed by atoms with Gasteiger partial charge < -0.3 is 14.6 Å². The summed E-state index contributed by atoms with van der Waals surface area (Å²) >= 11 is 0. The number of anilines is 1. The van der Waals surface area contributed by atoms with Crippen molar-refractivity contribution in [2.24, 2.45) is 0 Å². The minimum atomic E-state index is -3.54. The Bertz CT molecular complexity index is 1410. The highest BCUT2D eigenvalue weighted by Crippen LogP contribution is 2.31. The molecule has 1 aliphatic heterocycles. The summed E-state index contributed by atoms with van der Waals surface area (Å²) in [5, 5.41) is 0.923. The van der Waals surface area contributed by atoms with Crippen LogP contribution in [0.1, 0.15) is 18.4 Å². The zero-order chi connectivity index (χ0) is 23.7. The molecule has 0 unspecified atom stereocenters. The van der Waals surface area contributed by atoms with Crippen molar-refractivity contribution in [1.29, 1.82) is 0 Å². The van der Waals surface area contributed by atoms with Crippen molar-refractivity contribution < 1.29 is 13.2 Å². The van der Waals surface area contributed by atoms with Crippen LogP contribution in [0.4, 0.5) is 5.82 Å². The van der Waals surface area contributed by atoms with E-state index in [1.54, 1.807) is 31.8 Å². The second-order valence-electron chi connectivity index (χ2n) is 8.43. The van der Waals surface area contributed by atoms with Gasteiger partial charge in [0.25, 0.3) is 0 Å². The first-order valence-corrected chi connectivity index (χ1v) is 12.6. The number of nitrogens with zero attached hydrogens (tertiary/aromatic N) is 4. The summed E-state index contributed by atoms with van der Waals surface area (Å²) in [5.74, 6) is 1.38. The van der Waals surface area contributed by atoms with Crippen molar-refractivity contribution in [3.8, 4) is 17.1 Å². The maximum absolute atomic E-state index is 12.8. The molecule has 176 valence electrons. The minimum Gasteiger partial charge on any atom is -0.481 e. The molecule has 1 aliphatic rings. The summed E-state index contributed by atoms with van der Waals surface area (Å²) in [7, 11) is -1.95. The molecule has 9 nitrogen and oxygen atoms in total. The summed E-state index contributed by atoms with van der Waals surface area (Å²) in [5.41, 5.74) is 3.62. The Hall–Kier alpha value is -3.50. The number of aryl methyl sites for hydroxylation is 1. The number of piperidine rings is 1. The Labute approximate surface area is 198 Å². The monoisotopic (exact) mass is 478 g/mol. The summed E-state index contributed by atoms with van der Waals surface area (Å²) < 4.78 is 33.6. The Morgan fingerprint density at radius 2 is 1.82 bits per heavy atom. The van der Waals surface area contributed by atoms with E-state index in [2.05, 4.69) is 29.6 Å². The number of nitrogens with one attached hydrogen (secondary N) is 2. The van der Waals surface area contributed by atoms with Crippen LogP contribution in [0.25, 0.3) is 22.3 Å². The van der Waals surface area contributed by atoms with Crippen molar-refractivity contribution in [3.05, 3.63) is 60.6 Å². The molecule has 3 aromatic heterocycles. The molecular weight excluding hydrogens is 452 g/mol. The number of aromatic nitrogens is 4. The second kappa shape index (κ2) is 9.03. The predicted octanol–water partition coefficient (Wildman–Crippen LogP) is 3.28. The molecule has 34 heavy (non-hydrogen) atoms.